The van der Waals surface area contributed by atoms with Crippen LogP contribution < -0.4 is 5.63 Å². The largest absolute Gasteiger partial charge is 0.508 e. The van der Waals surface area contributed by atoms with Crippen LogP contribution >= 0.6 is 0 Å². The molecule has 0 saturated carbocycles. The summed E-state index contributed by atoms with van der Waals surface area (Å²) in [6.07, 6.45) is 3.94. The number of ketones is 1. The molecule has 1 aromatic carbocycles. The molecular formula is C17H19NO4. The summed E-state index contributed by atoms with van der Waals surface area (Å²) in [6, 6.07) is 6.07. The van der Waals surface area contributed by atoms with Crippen molar-refractivity contribution in [2.24, 2.45) is 0 Å². The lowest BCUT2D eigenvalue weighted by Gasteiger charge is -2.25. The van der Waals surface area contributed by atoms with Gasteiger partial charge < -0.3 is 14.4 Å². The SMILES string of the molecule is O=C(CCN1CCCCC1)c1cc2ccc(O)cc2oc1=O. The lowest BCUT2D eigenvalue weighted by molar-refractivity contribution is 0.0955. The highest BCUT2D eigenvalue weighted by molar-refractivity contribution is 5.98. The summed E-state index contributed by atoms with van der Waals surface area (Å²) in [6.45, 7) is 2.74. The van der Waals surface area contributed by atoms with Gasteiger partial charge in [0.1, 0.15) is 16.9 Å². The third kappa shape index (κ3) is 3.20. The van der Waals surface area contributed by atoms with Gasteiger partial charge in [0.2, 0.25) is 0 Å². The van der Waals surface area contributed by atoms with Crippen molar-refractivity contribution in [3.8, 4) is 5.75 Å². The number of hydrogen-bond acceptors (Lipinski definition) is 5. The van der Waals surface area contributed by atoms with Crippen LogP contribution in [-0.4, -0.2) is 35.4 Å². The first kappa shape index (κ1) is 14.8. The van der Waals surface area contributed by atoms with E-state index in [0.29, 0.717) is 18.4 Å². The molecule has 0 radical (unpaired) electrons. The summed E-state index contributed by atoms with van der Waals surface area (Å²) in [5, 5.41) is 10.0. The van der Waals surface area contributed by atoms with Gasteiger partial charge in [0.15, 0.2) is 5.78 Å². The van der Waals surface area contributed by atoms with Crippen molar-refractivity contribution >= 4 is 16.8 Å². The van der Waals surface area contributed by atoms with Crippen LogP contribution in [0.3, 0.4) is 0 Å². The molecule has 0 unspecified atom stereocenters. The van der Waals surface area contributed by atoms with Crippen molar-refractivity contribution < 1.29 is 14.3 Å². The molecule has 1 aromatic heterocycles. The van der Waals surface area contributed by atoms with Gasteiger partial charge in [-0.15, -0.1) is 0 Å². The predicted molar refractivity (Wildman–Crippen MR) is 83.4 cm³/mol. The molecule has 0 amide bonds. The number of Topliss-reactive ketones (excluding diaryl/α,β-unsaturated/α-hetero) is 1. The Morgan fingerprint density at radius 3 is 2.73 bits per heavy atom. The number of piperidine rings is 1. The maximum atomic E-state index is 12.3. The fourth-order valence-electron chi connectivity index (χ4n) is 2.87. The first-order chi connectivity index (χ1) is 10.6. The molecule has 5 heteroatoms. The summed E-state index contributed by atoms with van der Waals surface area (Å²) >= 11 is 0. The second kappa shape index (κ2) is 6.32. The van der Waals surface area contributed by atoms with E-state index in [4.69, 9.17) is 4.42 Å². The summed E-state index contributed by atoms with van der Waals surface area (Å²) in [5.74, 6) is -0.158. The molecule has 1 N–H and O–H groups in total. The minimum absolute atomic E-state index is 0.0276. The molecular weight excluding hydrogens is 282 g/mol. The average molecular weight is 301 g/mol. The van der Waals surface area contributed by atoms with Crippen molar-refractivity contribution in [1.29, 1.82) is 0 Å². The first-order valence-corrected chi connectivity index (χ1v) is 7.66. The van der Waals surface area contributed by atoms with Crippen LogP contribution in [0.2, 0.25) is 0 Å². The second-order valence-corrected chi connectivity index (χ2v) is 5.75. The van der Waals surface area contributed by atoms with Gasteiger partial charge in [-0.3, -0.25) is 4.79 Å². The Hall–Kier alpha value is -2.14. The number of likely N-dealkylation sites (tertiary alicyclic amines) is 1. The molecule has 1 aliphatic heterocycles. The summed E-state index contributed by atoms with van der Waals surface area (Å²) in [5.41, 5.74) is -0.255. The molecule has 1 fully saturated rings. The number of nitrogens with zero attached hydrogens (tertiary/aromatic N) is 1. The molecule has 2 aromatic rings. The van der Waals surface area contributed by atoms with Crippen molar-refractivity contribution in [2.45, 2.75) is 25.7 Å². The fraction of sp³-hybridized carbons (Fsp3) is 0.412. The minimum Gasteiger partial charge on any atom is -0.508 e. The first-order valence-electron chi connectivity index (χ1n) is 7.66. The number of fused-ring (bicyclic) bond motifs is 1. The zero-order valence-electron chi connectivity index (χ0n) is 12.4. The van der Waals surface area contributed by atoms with Gasteiger partial charge in [-0.05, 0) is 44.1 Å². The van der Waals surface area contributed by atoms with E-state index in [1.165, 1.54) is 31.4 Å². The molecule has 0 spiro atoms. The highest BCUT2D eigenvalue weighted by atomic mass is 16.4. The van der Waals surface area contributed by atoms with Crippen LogP contribution in [0.25, 0.3) is 11.0 Å². The number of benzene rings is 1. The number of hydrogen-bond donors (Lipinski definition) is 1. The highest BCUT2D eigenvalue weighted by Crippen LogP contribution is 2.19. The third-order valence-corrected chi connectivity index (χ3v) is 4.12. The van der Waals surface area contributed by atoms with Crippen molar-refractivity contribution in [3.63, 3.8) is 0 Å². The molecule has 3 rings (SSSR count). The van der Waals surface area contributed by atoms with E-state index in [9.17, 15) is 14.7 Å². The van der Waals surface area contributed by atoms with Gasteiger partial charge in [-0.2, -0.15) is 0 Å². The smallest absolute Gasteiger partial charge is 0.347 e. The number of carbonyl (C=O) groups is 1. The Kier molecular flexibility index (Phi) is 4.24. The molecule has 0 atom stereocenters. The highest BCUT2D eigenvalue weighted by Gasteiger charge is 2.16. The number of phenols is 1. The second-order valence-electron chi connectivity index (χ2n) is 5.75. The van der Waals surface area contributed by atoms with Crippen molar-refractivity contribution in [2.75, 3.05) is 19.6 Å². The molecule has 2 heterocycles. The molecule has 116 valence electrons. The van der Waals surface area contributed by atoms with E-state index in [-0.39, 0.29) is 22.7 Å². The van der Waals surface area contributed by atoms with Crippen molar-refractivity contribution in [3.05, 3.63) is 40.2 Å². The van der Waals surface area contributed by atoms with Crippen LogP contribution in [0.15, 0.2) is 33.5 Å². The van der Waals surface area contributed by atoms with E-state index in [1.807, 2.05) is 0 Å². The van der Waals surface area contributed by atoms with E-state index in [0.717, 1.165) is 13.1 Å². The zero-order chi connectivity index (χ0) is 15.5. The number of rotatable bonds is 4. The van der Waals surface area contributed by atoms with Crippen LogP contribution in [0, 0.1) is 0 Å². The molecule has 0 aliphatic carbocycles. The Morgan fingerprint density at radius 1 is 1.18 bits per heavy atom. The summed E-state index contributed by atoms with van der Waals surface area (Å²) in [7, 11) is 0. The van der Waals surface area contributed by atoms with Crippen molar-refractivity contribution in [1.82, 2.24) is 4.90 Å². The predicted octanol–water partition coefficient (Wildman–Crippen LogP) is 2.56. The maximum Gasteiger partial charge on any atom is 0.347 e. The van der Waals surface area contributed by atoms with E-state index in [2.05, 4.69) is 4.90 Å². The molecule has 5 nitrogen and oxygen atoms in total. The van der Waals surface area contributed by atoms with E-state index in [1.54, 1.807) is 12.1 Å². The Labute approximate surface area is 128 Å². The topological polar surface area (TPSA) is 70.8 Å². The Balaban J connectivity index is 1.76. The monoisotopic (exact) mass is 301 g/mol. The zero-order valence-corrected chi connectivity index (χ0v) is 12.4. The standard InChI is InChI=1S/C17H19NO4/c19-13-5-4-12-10-14(17(21)22-16(12)11-13)15(20)6-9-18-7-2-1-3-8-18/h4-5,10-11,19H,1-3,6-9H2. The number of phenolic OH excluding ortho intramolecular Hbond substituents is 1. The number of aromatic hydroxyl groups is 1. The van der Waals surface area contributed by atoms with Crippen LogP contribution in [0.1, 0.15) is 36.0 Å². The van der Waals surface area contributed by atoms with Gasteiger partial charge in [-0.25, -0.2) is 4.79 Å². The van der Waals surface area contributed by atoms with Crippen LogP contribution in [0.5, 0.6) is 5.75 Å². The van der Waals surface area contributed by atoms with Gasteiger partial charge >= 0.3 is 5.63 Å². The Bertz CT molecular complexity index is 744. The van der Waals surface area contributed by atoms with E-state index >= 15 is 0 Å². The lowest BCUT2D eigenvalue weighted by Crippen LogP contribution is -2.32. The fourth-order valence-corrected chi connectivity index (χ4v) is 2.87. The summed E-state index contributed by atoms with van der Waals surface area (Å²) in [4.78, 5) is 26.5. The maximum absolute atomic E-state index is 12.3. The van der Waals surface area contributed by atoms with Crippen LogP contribution in [0.4, 0.5) is 0 Å². The molecule has 0 bridgehead atoms. The Morgan fingerprint density at radius 2 is 1.95 bits per heavy atom. The normalized spacial score (nSPS) is 16.0. The summed E-state index contributed by atoms with van der Waals surface area (Å²) < 4.78 is 5.14. The molecule has 1 aliphatic rings. The van der Waals surface area contributed by atoms with E-state index < -0.39 is 5.63 Å². The minimum atomic E-state index is -0.637. The van der Waals surface area contributed by atoms with Gasteiger partial charge in [0.05, 0.1) is 0 Å². The number of carbonyl (C=O) groups excluding carboxylic acids is 1. The van der Waals surface area contributed by atoms with Crippen LogP contribution in [-0.2, 0) is 0 Å². The van der Waals surface area contributed by atoms with Gasteiger partial charge in [0.25, 0.3) is 0 Å². The van der Waals surface area contributed by atoms with Gasteiger partial charge in [0, 0.05) is 24.4 Å². The van der Waals surface area contributed by atoms with Gasteiger partial charge in [-0.1, -0.05) is 6.42 Å². The lowest BCUT2D eigenvalue weighted by atomic mass is 10.1. The molecule has 22 heavy (non-hydrogen) atoms. The molecule has 1 saturated heterocycles. The third-order valence-electron chi connectivity index (χ3n) is 4.12. The average Bonchev–Trinajstić information content (AvgIpc) is 2.53. The quantitative estimate of drug-likeness (QED) is 0.694.